The van der Waals surface area contributed by atoms with E-state index in [-0.39, 0.29) is 5.78 Å². The van der Waals surface area contributed by atoms with Gasteiger partial charge in [-0.05, 0) is 37.2 Å². The van der Waals surface area contributed by atoms with Crippen LogP contribution >= 0.6 is 11.3 Å². The van der Waals surface area contributed by atoms with Crippen LogP contribution in [0.1, 0.15) is 32.1 Å². The first kappa shape index (κ1) is 18.3. The zero-order valence-electron chi connectivity index (χ0n) is 16.7. The van der Waals surface area contributed by atoms with Crippen molar-refractivity contribution in [3.8, 4) is 0 Å². The Balaban J connectivity index is 1.58. The second kappa shape index (κ2) is 7.25. The second-order valence-corrected chi connectivity index (χ2v) is 8.58. The fourth-order valence-electron chi connectivity index (χ4n) is 4.24. The summed E-state index contributed by atoms with van der Waals surface area (Å²) >= 11 is 1.60. The summed E-state index contributed by atoms with van der Waals surface area (Å²) in [6, 6.07) is 16.4. The predicted octanol–water partition coefficient (Wildman–Crippen LogP) is 4.36. The van der Waals surface area contributed by atoms with Crippen LogP contribution in [0.2, 0.25) is 0 Å². The van der Waals surface area contributed by atoms with Gasteiger partial charge >= 0.3 is 0 Å². The van der Waals surface area contributed by atoms with Crippen LogP contribution in [-0.4, -0.2) is 48.9 Å². The van der Waals surface area contributed by atoms with E-state index in [0.717, 1.165) is 64.6 Å². The van der Waals surface area contributed by atoms with Crippen LogP contribution in [0.15, 0.2) is 54.0 Å². The maximum atomic E-state index is 13.3. The Kier molecular flexibility index (Phi) is 4.57. The SMILES string of the molecule is Cc1ncsc1C1=C(c2ccc(N3CCN(C)CC3)cc2)C(=O)c2ccccc21. The van der Waals surface area contributed by atoms with E-state index in [1.54, 1.807) is 11.3 Å². The number of rotatable bonds is 3. The highest BCUT2D eigenvalue weighted by Gasteiger charge is 2.32. The maximum Gasteiger partial charge on any atom is 0.194 e. The third-order valence-electron chi connectivity index (χ3n) is 5.92. The largest absolute Gasteiger partial charge is 0.369 e. The molecule has 5 rings (SSSR count). The van der Waals surface area contributed by atoms with Crippen LogP contribution in [0.5, 0.6) is 0 Å². The van der Waals surface area contributed by atoms with E-state index in [1.807, 2.05) is 36.7 Å². The molecule has 0 amide bonds. The topological polar surface area (TPSA) is 36.4 Å². The third-order valence-corrected chi connectivity index (χ3v) is 6.86. The van der Waals surface area contributed by atoms with Gasteiger partial charge in [-0.3, -0.25) is 4.79 Å². The number of Topliss-reactive ketones (excluding diaryl/α,β-unsaturated/α-hetero) is 1. The van der Waals surface area contributed by atoms with E-state index in [0.29, 0.717) is 0 Å². The van der Waals surface area contributed by atoms with Crippen molar-refractivity contribution >= 4 is 34.0 Å². The molecule has 2 aromatic carbocycles. The van der Waals surface area contributed by atoms with Crippen LogP contribution < -0.4 is 4.90 Å². The molecule has 1 fully saturated rings. The zero-order chi connectivity index (χ0) is 20.0. The van der Waals surface area contributed by atoms with Crippen molar-refractivity contribution in [3.05, 3.63) is 81.3 Å². The number of thiazole rings is 1. The molecule has 1 saturated heterocycles. The third kappa shape index (κ3) is 3.11. The molecule has 0 radical (unpaired) electrons. The van der Waals surface area contributed by atoms with Crippen molar-refractivity contribution in [2.45, 2.75) is 6.92 Å². The van der Waals surface area contributed by atoms with E-state index in [4.69, 9.17) is 0 Å². The van der Waals surface area contributed by atoms with Gasteiger partial charge in [0.15, 0.2) is 5.78 Å². The summed E-state index contributed by atoms with van der Waals surface area (Å²) < 4.78 is 0. The van der Waals surface area contributed by atoms with E-state index >= 15 is 0 Å². The fraction of sp³-hybridized carbons (Fsp3) is 0.250. The molecule has 4 nitrogen and oxygen atoms in total. The number of benzene rings is 2. The number of carbonyl (C=O) groups excluding carboxylic acids is 1. The summed E-state index contributed by atoms with van der Waals surface area (Å²) in [5, 5.41) is 0. The molecule has 2 aliphatic rings. The molecule has 0 spiro atoms. The van der Waals surface area contributed by atoms with Crippen LogP contribution in [-0.2, 0) is 0 Å². The Hall–Kier alpha value is -2.76. The second-order valence-electron chi connectivity index (χ2n) is 7.73. The molecular weight excluding hydrogens is 378 g/mol. The van der Waals surface area contributed by atoms with Gasteiger partial charge in [-0.15, -0.1) is 11.3 Å². The average molecular weight is 402 g/mol. The normalized spacial score (nSPS) is 17.2. The van der Waals surface area contributed by atoms with Crippen molar-refractivity contribution in [1.29, 1.82) is 0 Å². The standard InChI is InChI=1S/C24H23N3OS/c1-16-24(29-15-25-16)22-19-5-3-4-6-20(19)23(28)21(22)17-7-9-18(10-8-17)27-13-11-26(2)12-14-27/h3-10,15H,11-14H2,1-2H3. The summed E-state index contributed by atoms with van der Waals surface area (Å²) in [7, 11) is 2.17. The number of ketones is 1. The van der Waals surface area contributed by atoms with Gasteiger partial charge in [0.25, 0.3) is 0 Å². The Labute approximate surface area is 175 Å². The Morgan fingerprint density at radius 3 is 2.24 bits per heavy atom. The number of anilines is 1. The fourth-order valence-corrected chi connectivity index (χ4v) is 5.11. The van der Waals surface area contributed by atoms with E-state index in [1.165, 1.54) is 5.69 Å². The number of nitrogens with zero attached hydrogens (tertiary/aromatic N) is 3. The van der Waals surface area contributed by atoms with Gasteiger partial charge in [-0.25, -0.2) is 4.98 Å². The molecule has 1 aliphatic carbocycles. The summed E-state index contributed by atoms with van der Waals surface area (Å²) in [5.41, 5.74) is 8.66. The highest BCUT2D eigenvalue weighted by molar-refractivity contribution is 7.11. The number of aryl methyl sites for hydroxylation is 1. The molecule has 5 heteroatoms. The number of fused-ring (bicyclic) bond motifs is 1. The van der Waals surface area contributed by atoms with Gasteiger partial charge in [0.05, 0.1) is 16.1 Å². The van der Waals surface area contributed by atoms with Gasteiger partial charge in [-0.1, -0.05) is 36.4 Å². The molecular formula is C24H23N3OS. The molecule has 0 saturated carbocycles. The lowest BCUT2D eigenvalue weighted by Crippen LogP contribution is -2.44. The minimum absolute atomic E-state index is 0.107. The average Bonchev–Trinajstić information content (AvgIpc) is 3.29. The first-order valence-electron chi connectivity index (χ1n) is 9.96. The molecule has 0 N–H and O–H groups in total. The van der Waals surface area contributed by atoms with Crippen LogP contribution in [0.4, 0.5) is 5.69 Å². The molecule has 0 unspecified atom stereocenters. The Bertz CT molecular complexity index is 1110. The highest BCUT2D eigenvalue weighted by Crippen LogP contribution is 2.44. The number of hydrogen-bond acceptors (Lipinski definition) is 5. The first-order valence-corrected chi connectivity index (χ1v) is 10.8. The molecule has 0 atom stereocenters. The number of carbonyl (C=O) groups is 1. The number of aromatic nitrogens is 1. The first-order chi connectivity index (χ1) is 14.1. The van der Waals surface area contributed by atoms with Crippen molar-refractivity contribution < 1.29 is 4.79 Å². The lowest BCUT2D eigenvalue weighted by Gasteiger charge is -2.34. The van der Waals surface area contributed by atoms with E-state index < -0.39 is 0 Å². The van der Waals surface area contributed by atoms with Crippen molar-refractivity contribution in [1.82, 2.24) is 9.88 Å². The van der Waals surface area contributed by atoms with Gasteiger partial charge in [0.1, 0.15) is 0 Å². The molecule has 3 aromatic rings. The zero-order valence-corrected chi connectivity index (χ0v) is 17.5. The Morgan fingerprint density at radius 1 is 0.897 bits per heavy atom. The van der Waals surface area contributed by atoms with Gasteiger partial charge < -0.3 is 9.80 Å². The molecule has 146 valence electrons. The Morgan fingerprint density at radius 2 is 1.59 bits per heavy atom. The lowest BCUT2D eigenvalue weighted by molar-refractivity contribution is 0.105. The summed E-state index contributed by atoms with van der Waals surface area (Å²) in [5.74, 6) is 0.107. The molecule has 2 heterocycles. The number of likely N-dealkylation sites (N-methyl/N-ethyl adjacent to an activating group) is 1. The summed E-state index contributed by atoms with van der Waals surface area (Å²) in [4.78, 5) is 23.6. The highest BCUT2D eigenvalue weighted by atomic mass is 32.1. The summed E-state index contributed by atoms with van der Waals surface area (Å²) in [6.07, 6.45) is 0. The number of piperazine rings is 1. The minimum atomic E-state index is 0.107. The molecule has 29 heavy (non-hydrogen) atoms. The maximum absolute atomic E-state index is 13.3. The molecule has 0 bridgehead atoms. The lowest BCUT2D eigenvalue weighted by atomic mass is 9.97. The quantitative estimate of drug-likeness (QED) is 0.653. The number of allylic oxidation sites excluding steroid dienone is 1. The molecule has 1 aliphatic heterocycles. The van der Waals surface area contributed by atoms with Crippen LogP contribution in [0.3, 0.4) is 0 Å². The van der Waals surface area contributed by atoms with Gasteiger partial charge in [0, 0.05) is 48.6 Å². The summed E-state index contributed by atoms with van der Waals surface area (Å²) in [6.45, 7) is 6.24. The van der Waals surface area contributed by atoms with E-state index in [9.17, 15) is 4.79 Å². The minimum Gasteiger partial charge on any atom is -0.369 e. The van der Waals surface area contributed by atoms with Crippen molar-refractivity contribution in [2.75, 3.05) is 38.1 Å². The van der Waals surface area contributed by atoms with Crippen LogP contribution in [0, 0.1) is 6.92 Å². The number of hydrogen-bond donors (Lipinski definition) is 0. The van der Waals surface area contributed by atoms with Crippen molar-refractivity contribution in [2.24, 2.45) is 0 Å². The molecule has 1 aromatic heterocycles. The van der Waals surface area contributed by atoms with Crippen LogP contribution in [0.25, 0.3) is 11.1 Å². The van der Waals surface area contributed by atoms with Gasteiger partial charge in [0.2, 0.25) is 0 Å². The van der Waals surface area contributed by atoms with Gasteiger partial charge in [-0.2, -0.15) is 0 Å². The smallest absolute Gasteiger partial charge is 0.194 e. The van der Waals surface area contributed by atoms with Crippen molar-refractivity contribution in [3.63, 3.8) is 0 Å². The monoisotopic (exact) mass is 401 g/mol. The predicted molar refractivity (Wildman–Crippen MR) is 120 cm³/mol. The van der Waals surface area contributed by atoms with E-state index in [2.05, 4.69) is 46.1 Å².